The molecule has 0 saturated heterocycles. The summed E-state index contributed by atoms with van der Waals surface area (Å²) in [6, 6.07) is 57.9. The number of carbonyl (C=O) groups is 6. The topological polar surface area (TPSA) is 393 Å². The number of aryl methyl sites for hydroxylation is 4. The number of amides is 4. The SMILES string of the molecule is CC1(C)[C@H](C(=O)O[C@H](C#N)c2cccc(Oc3ccccc3)c2)[C@@H]1C=C(Cl)Cl.CC1(C)[C@H](C=C(Cl)Cl)[C@@H]1C(=O)O[C@@H](C#N)c1cccc(Oc2ccccc2)c1.CCC(=O)Nc1ccc(Cl)c(Cl)c1.CCC(CC)Nc1c([N+](=O)[O-])cc(C)c(C)c1[N+](=O)[O-].CCOP(=S)(OCC)Oc1nc(Cl)c(Cl)cc1Cl.CCc1cccc(CC)c1N(COC)C(=O)CCl.COC(=O)NC1=CCCC(OC(=O)Nc2cccc(C)c2)=C1. The average molecular weight is 2250 g/mol. The van der Waals surface area contributed by atoms with Gasteiger partial charge in [-0.15, -0.1) is 11.6 Å². The first-order chi connectivity index (χ1) is 69.8. The quantitative estimate of drug-likeness (QED) is 0.00419. The summed E-state index contributed by atoms with van der Waals surface area (Å²) in [5.41, 5.74) is 7.19. The van der Waals surface area contributed by atoms with E-state index in [1.807, 2.05) is 164 Å². The predicted molar refractivity (Wildman–Crippen MR) is 583 cm³/mol. The largest absolute Gasteiger partial charge is 0.457 e. The van der Waals surface area contributed by atoms with Gasteiger partial charge in [-0.25, -0.2) is 9.59 Å². The third kappa shape index (κ3) is 39.3. The van der Waals surface area contributed by atoms with E-state index in [9.17, 15) is 59.5 Å². The number of alkyl carbamates (subject to hydrolysis) is 1. The summed E-state index contributed by atoms with van der Waals surface area (Å²) in [5, 5.41) is 53.8. The Hall–Kier alpha value is -11.3. The molecule has 147 heavy (non-hydrogen) atoms. The minimum Gasteiger partial charge on any atom is -0.457 e. The molecule has 1 heterocycles. The van der Waals surface area contributed by atoms with Crippen molar-refractivity contribution in [2.24, 2.45) is 34.5 Å². The van der Waals surface area contributed by atoms with Crippen molar-refractivity contribution in [2.45, 2.75) is 160 Å². The summed E-state index contributed by atoms with van der Waals surface area (Å²) in [4.78, 5) is 98.0. The van der Waals surface area contributed by atoms with E-state index in [1.165, 1.54) is 19.2 Å². The maximum Gasteiger partial charge on any atom is 0.416 e. The molecule has 3 aliphatic carbocycles. The number of carbonyl (C=O) groups excluding carboxylic acids is 6. The molecule has 9 aromatic rings. The number of nitrogens with zero attached hydrogens (tertiary/aromatic N) is 6. The van der Waals surface area contributed by atoms with Crippen molar-refractivity contribution < 1.29 is 85.3 Å². The molecule has 8 aromatic carbocycles. The van der Waals surface area contributed by atoms with E-state index >= 15 is 0 Å². The molecule has 3 aliphatic rings. The molecule has 786 valence electrons. The van der Waals surface area contributed by atoms with Crippen molar-refractivity contribution in [3.63, 3.8) is 0 Å². The van der Waals surface area contributed by atoms with Crippen LogP contribution in [0.25, 0.3) is 0 Å². The van der Waals surface area contributed by atoms with Gasteiger partial charge in [-0.05, 0) is 209 Å². The van der Waals surface area contributed by atoms with E-state index < -0.39 is 52.9 Å². The van der Waals surface area contributed by atoms with Crippen LogP contribution in [0.4, 0.5) is 43.7 Å². The van der Waals surface area contributed by atoms with Crippen LogP contribution in [0.15, 0.2) is 227 Å². The number of esters is 2. The lowest BCUT2D eigenvalue weighted by atomic mass is 10.0. The number of nitro groups is 2. The molecule has 0 aliphatic heterocycles. The van der Waals surface area contributed by atoms with Crippen LogP contribution >= 0.6 is 123 Å². The molecule has 30 nitrogen and oxygen atoms in total. The molecule has 1 aromatic heterocycles. The van der Waals surface area contributed by atoms with E-state index in [-0.39, 0.29) is 112 Å². The molecule has 0 radical (unpaired) electrons. The molecule has 12 rings (SSSR count). The summed E-state index contributed by atoms with van der Waals surface area (Å²) in [5.74, 6) is 0.905. The number of anilines is 4. The predicted octanol–water partition coefficient (Wildman–Crippen LogP) is 30.6. The molecule has 42 heteroatoms. The van der Waals surface area contributed by atoms with Crippen LogP contribution in [0.3, 0.4) is 0 Å². The lowest BCUT2D eigenvalue weighted by Gasteiger charge is -2.26. The number of alkyl halides is 1. The van der Waals surface area contributed by atoms with Gasteiger partial charge in [-0.2, -0.15) is 15.5 Å². The Kier molecular flexibility index (Phi) is 52.1. The van der Waals surface area contributed by atoms with Gasteiger partial charge < -0.3 is 48.3 Å². The molecule has 0 spiro atoms. The Labute approximate surface area is 911 Å². The van der Waals surface area contributed by atoms with Gasteiger partial charge in [0, 0.05) is 83.7 Å². The first-order valence-electron chi connectivity index (χ1n) is 46.0. The van der Waals surface area contributed by atoms with Crippen molar-refractivity contribution in [3.8, 4) is 41.0 Å². The number of ether oxygens (including phenoxy) is 7. The van der Waals surface area contributed by atoms with E-state index in [2.05, 4.69) is 44.8 Å². The van der Waals surface area contributed by atoms with Gasteiger partial charge in [0.15, 0.2) is 10.8 Å². The van der Waals surface area contributed by atoms with Crippen LogP contribution < -0.4 is 40.2 Å². The number of methoxy groups -OCH3 is 2. The summed E-state index contributed by atoms with van der Waals surface area (Å²) in [6.45, 7) is 24.3. The van der Waals surface area contributed by atoms with Gasteiger partial charge in [0.1, 0.15) is 67.5 Å². The molecule has 4 amide bonds. The minimum atomic E-state index is -2.92. The van der Waals surface area contributed by atoms with E-state index in [1.54, 1.807) is 138 Å². The van der Waals surface area contributed by atoms with Crippen molar-refractivity contribution in [3.05, 3.63) is 311 Å². The number of allylic oxidation sites excluding steroid dienone is 5. The van der Waals surface area contributed by atoms with Gasteiger partial charge in [0.05, 0.1) is 62.8 Å². The standard InChI is InChI=1S/2C22H19Cl2NO3.C16H18N2O4.C14H20ClNO2.C13H19N3O4.C9H11Cl3NO3PS.C9H9Cl2NO/c2*1-22(2)17(12-19(23)24)20(22)21(26)28-18(13-25)14-7-6-10-16(11-14)27-15-8-4-3-5-9-15;1-11-5-3-6-12(9-11)18-16(20)22-14-8-4-7-13(10-14)17-15(19)21-2;1-4-11-7-6-8-12(5-2)14(11)16(10-18-3)13(17)9-15;1-5-10(6-2)14-12-11(15(17)18)7-8(3)9(4)13(12)16(19)20;1-3-14-17(18,15-4-2)16-9-7(11)5-6(10)8(12)13-9;1-2-9(13)12-6-3-4-7(10)8(11)5-6/h2*3-12,17-18,20H,1-2H3;3,5-7,9-10H,4,8H2,1-2H3,(H,17,19)(H,18,20);6-8H,4-5,9-10H2,1-3H3;7,10,14H,5-6H2,1-4H3;5H,3-4H2,1-2H3;3-5H,2H2,1H3,(H,12,13)/t2*17-,18+,20-;;;;;/m10...../s1. The highest BCUT2D eigenvalue weighted by atomic mass is 35.5. The number of para-hydroxylation sites is 3. The molecular formula is C105H115Cl10N10O20PS. The van der Waals surface area contributed by atoms with Crippen LogP contribution in [0, 0.1) is 98.2 Å². The number of aromatic nitrogens is 1. The smallest absolute Gasteiger partial charge is 0.416 e. The van der Waals surface area contributed by atoms with Crippen LogP contribution in [0.2, 0.25) is 25.2 Å². The van der Waals surface area contributed by atoms with Gasteiger partial charge >= 0.3 is 36.5 Å². The number of benzene rings is 8. The zero-order valence-corrected chi connectivity index (χ0v) is 92.7. The Morgan fingerprint density at radius 1 is 0.599 bits per heavy atom. The lowest BCUT2D eigenvalue weighted by molar-refractivity contribution is -0.392. The number of nitro benzene ring substituents is 2. The highest BCUT2D eigenvalue weighted by molar-refractivity contribution is 8.07. The third-order valence-electron chi connectivity index (χ3n) is 22.5. The molecule has 2 fully saturated rings. The van der Waals surface area contributed by atoms with Crippen LogP contribution in [0.1, 0.15) is 159 Å². The van der Waals surface area contributed by atoms with E-state index in [0.29, 0.717) is 111 Å². The molecular weight excluding hydrogens is 2140 g/mol. The zero-order valence-electron chi connectivity index (χ0n) is 83.4. The average Bonchev–Trinajstić information content (AvgIpc) is 1.57. The highest BCUT2D eigenvalue weighted by Crippen LogP contribution is 2.62. The van der Waals surface area contributed by atoms with Gasteiger partial charge in [0.25, 0.3) is 5.69 Å². The number of rotatable bonds is 35. The molecule has 0 unspecified atom stereocenters. The van der Waals surface area contributed by atoms with Gasteiger partial charge in [-0.1, -0.05) is 264 Å². The first-order valence-corrected chi connectivity index (χ1v) is 52.5. The normalized spacial score (nSPS) is 14.8. The maximum atomic E-state index is 12.6. The fraction of sp³-hybridized carbons (Fsp3) is 0.343. The molecule has 6 atom stereocenters. The Balaban J connectivity index is 0.000000265. The van der Waals surface area contributed by atoms with Crippen molar-refractivity contribution >= 4 is 205 Å². The second kappa shape index (κ2) is 61.6. The Morgan fingerprint density at radius 3 is 1.54 bits per heavy atom. The molecule has 2 saturated carbocycles. The van der Waals surface area contributed by atoms with E-state index in [0.717, 1.165) is 48.1 Å². The summed E-state index contributed by atoms with van der Waals surface area (Å²) < 4.78 is 53.8. The maximum absolute atomic E-state index is 12.6. The van der Waals surface area contributed by atoms with Crippen molar-refractivity contribution in [1.82, 2.24) is 10.3 Å². The third-order valence-corrected chi connectivity index (χ3v) is 27.3. The second-order valence-electron chi connectivity index (χ2n) is 33.4. The first kappa shape index (κ1) is 124. The number of pyridine rings is 1. The van der Waals surface area contributed by atoms with Crippen molar-refractivity contribution in [1.29, 1.82) is 10.5 Å². The van der Waals surface area contributed by atoms with Gasteiger partial charge in [0.2, 0.25) is 29.9 Å². The number of hydrogen-bond acceptors (Lipinski definition) is 25. The number of nitriles is 2. The zero-order chi connectivity index (χ0) is 109. The number of nitrogens with one attached hydrogen (secondary N) is 4. The van der Waals surface area contributed by atoms with Crippen molar-refractivity contribution in [2.75, 3.05) is 60.9 Å². The second-order valence-corrected chi connectivity index (χ2v) is 40.6. The highest BCUT2D eigenvalue weighted by Gasteiger charge is 2.63. The summed E-state index contributed by atoms with van der Waals surface area (Å²) in [7, 11) is 2.86. The van der Waals surface area contributed by atoms with Crippen LogP contribution in [0.5, 0.6) is 28.9 Å². The number of hydrogen-bond donors (Lipinski definition) is 4. The molecule has 0 bridgehead atoms. The van der Waals surface area contributed by atoms with Crippen LogP contribution in [-0.2, 0) is 76.6 Å². The van der Waals surface area contributed by atoms with Crippen LogP contribution in [-0.4, -0.2) is 96.9 Å². The Bertz CT molecular complexity index is 6120. The molecule has 4 N–H and O–H groups in total. The fourth-order valence-electron chi connectivity index (χ4n) is 14.5. The van der Waals surface area contributed by atoms with E-state index in [4.69, 9.17) is 170 Å². The fourth-order valence-corrected chi connectivity index (χ4v) is 18.1. The Morgan fingerprint density at radius 2 is 1.10 bits per heavy atom. The minimum absolute atomic E-state index is 0.0109. The summed E-state index contributed by atoms with van der Waals surface area (Å²) in [6.07, 6.45) is 8.47. The van der Waals surface area contributed by atoms with Gasteiger partial charge in [-0.3, -0.25) is 64.0 Å². The summed E-state index contributed by atoms with van der Waals surface area (Å²) >= 11 is 62.7. The lowest BCUT2D eigenvalue weighted by Crippen LogP contribution is -2.35. The monoisotopic (exact) mass is 2250 g/mol. The number of halogens is 10.